The van der Waals surface area contributed by atoms with Gasteiger partial charge in [0.05, 0.1) is 5.56 Å². The standard InChI is InChI=1S/C17H19F3O2/c1-2-3-16(21)22-15-10-6-13(7-11-15)12-4-8-14(9-5-12)17(18,19)20/h2-5,8-9,13,15H,6-7,10-11H2,1H3/b3-2+. The predicted molar refractivity (Wildman–Crippen MR) is 77.3 cm³/mol. The molecule has 1 aliphatic carbocycles. The van der Waals surface area contributed by atoms with E-state index in [1.165, 1.54) is 6.08 Å². The molecule has 2 rings (SSSR count). The maximum atomic E-state index is 12.5. The summed E-state index contributed by atoms with van der Waals surface area (Å²) in [5.74, 6) is -0.0977. The number of hydrogen-bond acceptors (Lipinski definition) is 2. The van der Waals surface area contributed by atoms with Crippen LogP contribution in [0.25, 0.3) is 0 Å². The molecule has 1 aliphatic rings. The maximum absolute atomic E-state index is 12.5. The number of halogens is 3. The van der Waals surface area contributed by atoms with Crippen molar-refractivity contribution in [3.63, 3.8) is 0 Å². The first-order chi connectivity index (χ1) is 10.4. The Kier molecular flexibility index (Phi) is 5.27. The third-order valence-corrected chi connectivity index (χ3v) is 3.97. The van der Waals surface area contributed by atoms with Gasteiger partial charge in [0.1, 0.15) is 6.10 Å². The van der Waals surface area contributed by atoms with E-state index in [1.54, 1.807) is 25.1 Å². The summed E-state index contributed by atoms with van der Waals surface area (Å²) in [6, 6.07) is 5.38. The van der Waals surface area contributed by atoms with Gasteiger partial charge >= 0.3 is 12.1 Å². The molecule has 0 radical (unpaired) electrons. The number of benzene rings is 1. The molecule has 1 saturated carbocycles. The highest BCUT2D eigenvalue weighted by atomic mass is 19.4. The summed E-state index contributed by atoms with van der Waals surface area (Å²) in [7, 11) is 0. The van der Waals surface area contributed by atoms with E-state index in [-0.39, 0.29) is 18.0 Å². The second kappa shape index (κ2) is 6.99. The minimum absolute atomic E-state index is 0.0885. The average Bonchev–Trinajstić information content (AvgIpc) is 2.47. The number of rotatable bonds is 3. The lowest BCUT2D eigenvalue weighted by atomic mass is 9.82. The number of allylic oxidation sites excluding steroid dienone is 1. The van der Waals surface area contributed by atoms with E-state index in [0.717, 1.165) is 43.4 Å². The first-order valence-electron chi connectivity index (χ1n) is 7.40. The minimum atomic E-state index is -4.29. The van der Waals surface area contributed by atoms with Gasteiger partial charge < -0.3 is 4.74 Å². The van der Waals surface area contributed by atoms with Gasteiger partial charge in [0.2, 0.25) is 0 Å². The van der Waals surface area contributed by atoms with Crippen molar-refractivity contribution in [1.82, 2.24) is 0 Å². The highest BCUT2D eigenvalue weighted by Gasteiger charge is 2.31. The molecule has 120 valence electrons. The van der Waals surface area contributed by atoms with Gasteiger partial charge in [0, 0.05) is 6.08 Å². The van der Waals surface area contributed by atoms with Crippen molar-refractivity contribution in [2.75, 3.05) is 0 Å². The average molecular weight is 312 g/mol. The molecular weight excluding hydrogens is 293 g/mol. The molecule has 0 atom stereocenters. The van der Waals surface area contributed by atoms with Crippen LogP contribution in [0.15, 0.2) is 36.4 Å². The molecule has 1 aromatic rings. The van der Waals surface area contributed by atoms with Crippen molar-refractivity contribution in [3.05, 3.63) is 47.5 Å². The molecule has 2 nitrogen and oxygen atoms in total. The van der Waals surface area contributed by atoms with Crippen molar-refractivity contribution < 1.29 is 22.7 Å². The highest BCUT2D eigenvalue weighted by molar-refractivity contribution is 5.81. The summed E-state index contributed by atoms with van der Waals surface area (Å²) in [5, 5.41) is 0. The number of hydrogen-bond donors (Lipinski definition) is 0. The molecule has 0 amide bonds. The molecule has 0 bridgehead atoms. The normalized spacial score (nSPS) is 22.7. The molecule has 22 heavy (non-hydrogen) atoms. The number of esters is 1. The zero-order valence-corrected chi connectivity index (χ0v) is 12.4. The molecule has 0 heterocycles. The van der Waals surface area contributed by atoms with Crippen molar-refractivity contribution in [2.24, 2.45) is 0 Å². The van der Waals surface area contributed by atoms with Crippen molar-refractivity contribution in [2.45, 2.75) is 50.8 Å². The predicted octanol–water partition coefficient (Wildman–Crippen LogP) is 4.85. The number of carbonyl (C=O) groups excluding carboxylic acids is 1. The smallest absolute Gasteiger partial charge is 0.416 e. The van der Waals surface area contributed by atoms with Crippen LogP contribution in [0.1, 0.15) is 49.7 Å². The summed E-state index contributed by atoms with van der Waals surface area (Å²) < 4.78 is 42.9. The SMILES string of the molecule is C/C=C/C(=O)OC1CCC(c2ccc(C(F)(F)F)cc2)CC1. The second-order valence-electron chi connectivity index (χ2n) is 5.53. The Balaban J connectivity index is 1.90. The summed E-state index contributed by atoms with van der Waals surface area (Å²) in [6.45, 7) is 1.75. The fourth-order valence-corrected chi connectivity index (χ4v) is 2.80. The Morgan fingerprint density at radius 2 is 1.73 bits per heavy atom. The Morgan fingerprint density at radius 3 is 2.23 bits per heavy atom. The fraction of sp³-hybridized carbons (Fsp3) is 0.471. The Labute approximate surface area is 128 Å². The van der Waals surface area contributed by atoms with Crippen molar-refractivity contribution in [3.8, 4) is 0 Å². The number of ether oxygens (including phenoxy) is 1. The first-order valence-corrected chi connectivity index (χ1v) is 7.40. The van der Waals surface area contributed by atoms with Gasteiger partial charge in [-0.15, -0.1) is 0 Å². The van der Waals surface area contributed by atoms with Crippen LogP contribution in [0.2, 0.25) is 0 Å². The van der Waals surface area contributed by atoms with Gasteiger partial charge in [-0.3, -0.25) is 0 Å². The monoisotopic (exact) mass is 312 g/mol. The molecular formula is C17H19F3O2. The summed E-state index contributed by atoms with van der Waals surface area (Å²) in [6.07, 6.45) is 1.77. The first kappa shape index (κ1) is 16.6. The van der Waals surface area contributed by atoms with Gasteiger partial charge in [-0.1, -0.05) is 18.2 Å². The highest BCUT2D eigenvalue weighted by Crippen LogP contribution is 2.36. The minimum Gasteiger partial charge on any atom is -0.459 e. The maximum Gasteiger partial charge on any atom is 0.416 e. The fourth-order valence-electron chi connectivity index (χ4n) is 2.80. The third kappa shape index (κ3) is 4.36. The van der Waals surface area contributed by atoms with Crippen LogP contribution in [-0.2, 0) is 15.7 Å². The summed E-state index contributed by atoms with van der Waals surface area (Å²) >= 11 is 0. The molecule has 1 fully saturated rings. The Bertz CT molecular complexity index is 524. The topological polar surface area (TPSA) is 26.3 Å². The van der Waals surface area contributed by atoms with E-state index >= 15 is 0 Å². The van der Waals surface area contributed by atoms with E-state index in [1.807, 2.05) is 0 Å². The lowest BCUT2D eigenvalue weighted by Gasteiger charge is -2.28. The molecule has 0 saturated heterocycles. The molecule has 0 unspecified atom stereocenters. The van der Waals surface area contributed by atoms with E-state index in [9.17, 15) is 18.0 Å². The lowest BCUT2D eigenvalue weighted by molar-refractivity contribution is -0.144. The summed E-state index contributed by atoms with van der Waals surface area (Å²) in [5.41, 5.74) is 0.302. The van der Waals surface area contributed by atoms with Gasteiger partial charge in [-0.2, -0.15) is 13.2 Å². The van der Waals surface area contributed by atoms with Gasteiger partial charge in [0.15, 0.2) is 0 Å². The van der Waals surface area contributed by atoms with E-state index in [2.05, 4.69) is 0 Å². The van der Waals surface area contributed by atoms with Crippen LogP contribution in [0.3, 0.4) is 0 Å². The largest absolute Gasteiger partial charge is 0.459 e. The quantitative estimate of drug-likeness (QED) is 0.589. The molecule has 0 aromatic heterocycles. The zero-order valence-electron chi connectivity index (χ0n) is 12.4. The van der Waals surface area contributed by atoms with Crippen LogP contribution < -0.4 is 0 Å². The van der Waals surface area contributed by atoms with Gasteiger partial charge in [0.25, 0.3) is 0 Å². The lowest BCUT2D eigenvalue weighted by Crippen LogP contribution is -2.23. The molecule has 0 aliphatic heterocycles. The second-order valence-corrected chi connectivity index (χ2v) is 5.53. The van der Waals surface area contributed by atoms with Crippen molar-refractivity contribution >= 4 is 5.97 Å². The number of carbonyl (C=O) groups is 1. The van der Waals surface area contributed by atoms with Crippen LogP contribution in [0, 0.1) is 0 Å². The summed E-state index contributed by atoms with van der Waals surface area (Å²) in [4.78, 5) is 11.4. The Morgan fingerprint density at radius 1 is 1.14 bits per heavy atom. The molecule has 5 heteroatoms. The van der Waals surface area contributed by atoms with E-state index < -0.39 is 11.7 Å². The van der Waals surface area contributed by atoms with E-state index in [0.29, 0.717) is 0 Å². The van der Waals surface area contributed by atoms with Gasteiger partial charge in [-0.05, 0) is 56.2 Å². The van der Waals surface area contributed by atoms with Crippen molar-refractivity contribution in [1.29, 1.82) is 0 Å². The van der Waals surface area contributed by atoms with E-state index in [4.69, 9.17) is 4.74 Å². The van der Waals surface area contributed by atoms with Crippen LogP contribution >= 0.6 is 0 Å². The van der Waals surface area contributed by atoms with Gasteiger partial charge in [-0.25, -0.2) is 4.79 Å². The molecule has 0 N–H and O–H groups in total. The van der Waals surface area contributed by atoms with Crippen LogP contribution in [0.5, 0.6) is 0 Å². The third-order valence-electron chi connectivity index (χ3n) is 3.97. The molecule has 1 aromatic carbocycles. The number of alkyl halides is 3. The van der Waals surface area contributed by atoms with Crippen LogP contribution in [0.4, 0.5) is 13.2 Å². The molecule has 0 spiro atoms. The van der Waals surface area contributed by atoms with Crippen LogP contribution in [-0.4, -0.2) is 12.1 Å². The Hall–Kier alpha value is -1.78. The zero-order chi connectivity index (χ0) is 16.2.